The van der Waals surface area contributed by atoms with Gasteiger partial charge in [0.1, 0.15) is 5.82 Å². The molecule has 6 nitrogen and oxygen atoms in total. The van der Waals surface area contributed by atoms with Crippen LogP contribution in [0.15, 0.2) is 101 Å². The molecule has 0 aliphatic rings. The smallest absolute Gasteiger partial charge is 0.248 e. The minimum absolute atomic E-state index is 0.140. The number of aryl methyl sites for hydroxylation is 1. The van der Waals surface area contributed by atoms with E-state index in [0.717, 1.165) is 11.3 Å². The quantitative estimate of drug-likeness (QED) is 0.422. The molecule has 4 rings (SSSR count). The summed E-state index contributed by atoms with van der Waals surface area (Å²) in [4.78, 5) is 12.7. The van der Waals surface area contributed by atoms with Crippen LogP contribution in [0.5, 0.6) is 0 Å². The predicted molar refractivity (Wildman–Crippen MR) is 125 cm³/mol. The fourth-order valence-corrected chi connectivity index (χ4v) is 4.62. The third-order valence-electron chi connectivity index (χ3n) is 4.98. The fraction of sp³-hybridized carbons (Fsp3) is 0.0400. The van der Waals surface area contributed by atoms with Crippen LogP contribution in [0.25, 0.3) is 17.3 Å². The van der Waals surface area contributed by atoms with Crippen molar-refractivity contribution < 1.29 is 17.6 Å². The number of amides is 1. The fourth-order valence-electron chi connectivity index (χ4n) is 3.34. The van der Waals surface area contributed by atoms with E-state index in [1.54, 1.807) is 54.3 Å². The molecule has 0 radical (unpaired) electrons. The Morgan fingerprint density at radius 1 is 0.939 bits per heavy atom. The van der Waals surface area contributed by atoms with Gasteiger partial charge < -0.3 is 5.32 Å². The molecule has 0 aliphatic heterocycles. The van der Waals surface area contributed by atoms with Gasteiger partial charge in [0.05, 0.1) is 21.7 Å². The van der Waals surface area contributed by atoms with Crippen molar-refractivity contribution in [3.05, 3.63) is 103 Å². The van der Waals surface area contributed by atoms with Crippen molar-refractivity contribution in [1.82, 2.24) is 9.78 Å². The molecule has 0 atom stereocenters. The summed E-state index contributed by atoms with van der Waals surface area (Å²) in [6, 6.07) is 20.2. The van der Waals surface area contributed by atoms with Crippen LogP contribution >= 0.6 is 0 Å². The number of nitrogens with one attached hydrogen (secondary N) is 1. The van der Waals surface area contributed by atoms with Crippen molar-refractivity contribution in [1.29, 1.82) is 0 Å². The SMILES string of the molecule is Cn1ncc(C=CC(=O)Nc2ccc(S(=O)(=O)c3ccccc3)cc2)c1-c1ccc(F)cc1. The highest BCUT2D eigenvalue weighted by Gasteiger charge is 2.17. The van der Waals surface area contributed by atoms with Crippen molar-refractivity contribution in [2.45, 2.75) is 9.79 Å². The highest BCUT2D eigenvalue weighted by atomic mass is 32.2. The number of halogens is 1. The first kappa shape index (κ1) is 22.2. The van der Waals surface area contributed by atoms with Crippen LogP contribution in [0.1, 0.15) is 5.56 Å². The Morgan fingerprint density at radius 2 is 1.58 bits per heavy atom. The van der Waals surface area contributed by atoms with Crippen LogP contribution in [-0.4, -0.2) is 24.1 Å². The first-order chi connectivity index (χ1) is 15.8. The van der Waals surface area contributed by atoms with Crippen molar-refractivity contribution >= 4 is 27.5 Å². The zero-order chi connectivity index (χ0) is 23.4. The maximum Gasteiger partial charge on any atom is 0.248 e. The Kier molecular flexibility index (Phi) is 6.19. The van der Waals surface area contributed by atoms with Gasteiger partial charge in [0.15, 0.2) is 0 Å². The third kappa shape index (κ3) is 4.91. The molecule has 1 aromatic heterocycles. The Balaban J connectivity index is 1.47. The highest BCUT2D eigenvalue weighted by Crippen LogP contribution is 2.25. The molecule has 33 heavy (non-hydrogen) atoms. The maximum absolute atomic E-state index is 13.2. The molecule has 0 fully saturated rings. The van der Waals surface area contributed by atoms with Crippen molar-refractivity contribution in [2.75, 3.05) is 5.32 Å². The molecule has 1 amide bonds. The largest absolute Gasteiger partial charge is 0.323 e. The summed E-state index contributed by atoms with van der Waals surface area (Å²) in [7, 11) is -1.86. The van der Waals surface area contributed by atoms with Crippen LogP contribution in [0, 0.1) is 5.82 Å². The van der Waals surface area contributed by atoms with Gasteiger partial charge in [-0.2, -0.15) is 5.10 Å². The first-order valence-corrected chi connectivity index (χ1v) is 11.5. The average Bonchev–Trinajstić information content (AvgIpc) is 3.19. The van der Waals surface area contributed by atoms with Gasteiger partial charge in [-0.15, -0.1) is 0 Å². The number of carbonyl (C=O) groups is 1. The summed E-state index contributed by atoms with van der Waals surface area (Å²) in [6.07, 6.45) is 4.60. The summed E-state index contributed by atoms with van der Waals surface area (Å²) in [6.45, 7) is 0. The van der Waals surface area contributed by atoms with E-state index >= 15 is 0 Å². The van der Waals surface area contributed by atoms with E-state index in [-0.39, 0.29) is 21.5 Å². The number of sulfone groups is 1. The van der Waals surface area contributed by atoms with Crippen LogP contribution in [0.4, 0.5) is 10.1 Å². The van der Waals surface area contributed by atoms with Crippen LogP contribution < -0.4 is 5.32 Å². The van der Waals surface area contributed by atoms with Gasteiger partial charge in [0.25, 0.3) is 0 Å². The molecule has 0 saturated heterocycles. The molecule has 0 unspecified atom stereocenters. The van der Waals surface area contributed by atoms with E-state index in [9.17, 15) is 17.6 Å². The second-order valence-electron chi connectivity index (χ2n) is 7.24. The molecular weight excluding hydrogens is 441 g/mol. The number of aromatic nitrogens is 2. The molecule has 0 spiro atoms. The monoisotopic (exact) mass is 461 g/mol. The molecule has 0 aliphatic carbocycles. The number of anilines is 1. The molecule has 0 saturated carbocycles. The number of hydrogen-bond acceptors (Lipinski definition) is 4. The van der Waals surface area contributed by atoms with Gasteiger partial charge in [0.2, 0.25) is 15.7 Å². The van der Waals surface area contributed by atoms with Crippen molar-refractivity contribution in [2.24, 2.45) is 7.05 Å². The van der Waals surface area contributed by atoms with Gasteiger partial charge >= 0.3 is 0 Å². The standard InChI is InChI=1S/C25H20FN3O3S/c1-29-25(18-7-10-20(26)11-8-18)19(17-27-29)9-16-24(30)28-21-12-14-23(15-13-21)33(31,32)22-5-3-2-4-6-22/h2-17H,1H3,(H,28,30). The Labute approximate surface area is 190 Å². The van der Waals surface area contributed by atoms with E-state index in [1.807, 2.05) is 0 Å². The summed E-state index contributed by atoms with van der Waals surface area (Å²) in [5.74, 6) is -0.720. The van der Waals surface area contributed by atoms with E-state index in [4.69, 9.17) is 0 Å². The lowest BCUT2D eigenvalue weighted by molar-refractivity contribution is -0.111. The number of nitrogens with zero attached hydrogens (tertiary/aromatic N) is 2. The zero-order valence-electron chi connectivity index (χ0n) is 17.6. The van der Waals surface area contributed by atoms with Crippen molar-refractivity contribution in [3.8, 4) is 11.3 Å². The normalized spacial score (nSPS) is 11.6. The van der Waals surface area contributed by atoms with E-state index < -0.39 is 9.84 Å². The van der Waals surface area contributed by atoms with E-state index in [0.29, 0.717) is 11.3 Å². The molecule has 3 aromatic carbocycles. The second kappa shape index (κ2) is 9.22. The topological polar surface area (TPSA) is 81.1 Å². The van der Waals surface area contributed by atoms with Crippen LogP contribution in [0.2, 0.25) is 0 Å². The van der Waals surface area contributed by atoms with Crippen LogP contribution in [0.3, 0.4) is 0 Å². The summed E-state index contributed by atoms with van der Waals surface area (Å²) in [5, 5.41) is 6.92. The van der Waals surface area contributed by atoms with Crippen molar-refractivity contribution in [3.63, 3.8) is 0 Å². The Morgan fingerprint density at radius 3 is 2.24 bits per heavy atom. The van der Waals surface area contributed by atoms with Gasteiger partial charge in [-0.1, -0.05) is 18.2 Å². The lowest BCUT2D eigenvalue weighted by Crippen LogP contribution is -2.08. The van der Waals surface area contributed by atoms with Gasteiger partial charge in [0, 0.05) is 29.9 Å². The number of hydrogen-bond donors (Lipinski definition) is 1. The second-order valence-corrected chi connectivity index (χ2v) is 9.19. The minimum atomic E-state index is -3.62. The maximum atomic E-state index is 13.2. The van der Waals surface area contributed by atoms with E-state index in [2.05, 4.69) is 10.4 Å². The number of benzene rings is 3. The lowest BCUT2D eigenvalue weighted by atomic mass is 10.1. The Bertz CT molecular complexity index is 1410. The number of rotatable bonds is 6. The lowest BCUT2D eigenvalue weighted by Gasteiger charge is -2.07. The van der Waals surface area contributed by atoms with E-state index in [1.165, 1.54) is 54.6 Å². The summed E-state index contributed by atoms with van der Waals surface area (Å²) in [5.41, 5.74) is 2.67. The highest BCUT2D eigenvalue weighted by molar-refractivity contribution is 7.91. The Hall–Kier alpha value is -4.04. The molecule has 166 valence electrons. The summed E-state index contributed by atoms with van der Waals surface area (Å²) < 4.78 is 40.2. The van der Waals surface area contributed by atoms with Gasteiger partial charge in [-0.3, -0.25) is 9.48 Å². The van der Waals surface area contributed by atoms with Gasteiger partial charge in [-0.25, -0.2) is 12.8 Å². The zero-order valence-corrected chi connectivity index (χ0v) is 18.5. The first-order valence-electron chi connectivity index (χ1n) is 10.0. The molecule has 0 bridgehead atoms. The predicted octanol–water partition coefficient (Wildman–Crippen LogP) is 4.71. The molecule has 1 N–H and O–H groups in total. The summed E-state index contributed by atoms with van der Waals surface area (Å²) >= 11 is 0. The van der Waals surface area contributed by atoms with Gasteiger partial charge in [-0.05, 0) is 66.7 Å². The minimum Gasteiger partial charge on any atom is -0.323 e. The molecule has 4 aromatic rings. The van der Waals surface area contributed by atoms with Crippen LogP contribution in [-0.2, 0) is 21.7 Å². The molecule has 1 heterocycles. The molecular formula is C25H20FN3O3S. The number of carbonyl (C=O) groups excluding carboxylic acids is 1. The average molecular weight is 462 g/mol. The molecule has 8 heteroatoms. The third-order valence-corrected chi connectivity index (χ3v) is 6.77.